The van der Waals surface area contributed by atoms with Crippen LogP contribution in [0.3, 0.4) is 0 Å². The van der Waals surface area contributed by atoms with E-state index in [9.17, 15) is 4.39 Å². The lowest BCUT2D eigenvalue weighted by atomic mass is 10.1. The van der Waals surface area contributed by atoms with E-state index < -0.39 is 5.95 Å². The van der Waals surface area contributed by atoms with E-state index in [-0.39, 0.29) is 10.2 Å². The first-order valence-electron chi connectivity index (χ1n) is 4.11. The zero-order valence-corrected chi connectivity index (χ0v) is 8.93. The molecule has 2 aromatic heterocycles. The minimum absolute atomic E-state index is 0.150. The molecule has 0 saturated heterocycles. The molecule has 2 nitrogen and oxygen atoms in total. The molecule has 2 aromatic rings. The Labute approximate surface area is 95.7 Å². The molecule has 0 aliphatic carbocycles. The van der Waals surface area contributed by atoms with Gasteiger partial charge >= 0.3 is 0 Å². The first-order chi connectivity index (χ1) is 7.20. The van der Waals surface area contributed by atoms with Crippen LogP contribution in [0.5, 0.6) is 0 Å². The molecule has 0 spiro atoms. The Bertz CT molecular complexity index is 503. The molecule has 0 amide bonds. The molecule has 0 bridgehead atoms. The molecule has 0 atom stereocenters. The van der Waals surface area contributed by atoms with Crippen molar-refractivity contribution in [3.05, 3.63) is 46.7 Å². The van der Waals surface area contributed by atoms with E-state index in [1.165, 1.54) is 12.4 Å². The molecular weight excluding hydrogens is 238 g/mol. The van der Waals surface area contributed by atoms with Gasteiger partial charge in [-0.1, -0.05) is 23.2 Å². The topological polar surface area (TPSA) is 25.8 Å². The van der Waals surface area contributed by atoms with E-state index in [1.54, 1.807) is 18.2 Å². The lowest BCUT2D eigenvalue weighted by Crippen LogP contribution is -1.89. The summed E-state index contributed by atoms with van der Waals surface area (Å²) in [5.74, 6) is -0.582. The van der Waals surface area contributed by atoms with Gasteiger partial charge in [-0.2, -0.15) is 4.39 Å². The number of hydrogen-bond acceptors (Lipinski definition) is 2. The second kappa shape index (κ2) is 4.13. The number of hydrogen-bond donors (Lipinski definition) is 0. The molecule has 15 heavy (non-hydrogen) atoms. The van der Waals surface area contributed by atoms with Crippen LogP contribution >= 0.6 is 23.2 Å². The van der Waals surface area contributed by atoms with Crippen LogP contribution in [-0.4, -0.2) is 9.97 Å². The van der Waals surface area contributed by atoms with Gasteiger partial charge in [0.1, 0.15) is 5.15 Å². The van der Waals surface area contributed by atoms with Crippen LogP contribution in [0.2, 0.25) is 10.2 Å². The highest BCUT2D eigenvalue weighted by Crippen LogP contribution is 2.32. The van der Waals surface area contributed by atoms with Gasteiger partial charge in [0.05, 0.1) is 5.02 Å². The monoisotopic (exact) mass is 242 g/mol. The predicted octanol–water partition coefficient (Wildman–Crippen LogP) is 3.59. The van der Waals surface area contributed by atoms with Crippen LogP contribution in [0.1, 0.15) is 0 Å². The Morgan fingerprint density at radius 3 is 2.53 bits per heavy atom. The van der Waals surface area contributed by atoms with Gasteiger partial charge in [-0.05, 0) is 18.2 Å². The third-order valence-corrected chi connectivity index (χ3v) is 2.66. The highest BCUT2D eigenvalue weighted by molar-refractivity contribution is 6.42. The van der Waals surface area contributed by atoms with E-state index in [0.29, 0.717) is 11.1 Å². The summed E-state index contributed by atoms with van der Waals surface area (Å²) in [6, 6.07) is 4.80. The first-order valence-corrected chi connectivity index (χ1v) is 4.86. The van der Waals surface area contributed by atoms with Crippen molar-refractivity contribution < 1.29 is 4.39 Å². The SMILES string of the molecule is Fc1ncccc1-c1ccnc(Cl)c1Cl. The van der Waals surface area contributed by atoms with Crippen molar-refractivity contribution in [2.45, 2.75) is 0 Å². The van der Waals surface area contributed by atoms with Crippen molar-refractivity contribution in [1.29, 1.82) is 0 Å². The quantitative estimate of drug-likeness (QED) is 0.715. The lowest BCUT2D eigenvalue weighted by molar-refractivity contribution is 0.587. The van der Waals surface area contributed by atoms with Gasteiger partial charge in [0.15, 0.2) is 0 Å². The van der Waals surface area contributed by atoms with Crippen LogP contribution in [0, 0.1) is 5.95 Å². The van der Waals surface area contributed by atoms with E-state index in [1.807, 2.05) is 0 Å². The van der Waals surface area contributed by atoms with Gasteiger partial charge in [-0.25, -0.2) is 9.97 Å². The van der Waals surface area contributed by atoms with E-state index in [4.69, 9.17) is 23.2 Å². The summed E-state index contributed by atoms with van der Waals surface area (Å²) in [6.07, 6.45) is 2.84. The fourth-order valence-electron chi connectivity index (χ4n) is 1.21. The molecule has 76 valence electrons. The number of aromatic nitrogens is 2. The molecule has 2 rings (SSSR count). The molecule has 0 radical (unpaired) electrons. The number of rotatable bonds is 1. The number of halogens is 3. The summed E-state index contributed by atoms with van der Waals surface area (Å²) in [4.78, 5) is 7.32. The molecule has 2 heterocycles. The van der Waals surface area contributed by atoms with Crippen molar-refractivity contribution >= 4 is 23.2 Å². The van der Waals surface area contributed by atoms with E-state index >= 15 is 0 Å². The zero-order chi connectivity index (χ0) is 10.8. The molecule has 0 aromatic carbocycles. The van der Waals surface area contributed by atoms with Gasteiger partial charge in [-0.15, -0.1) is 0 Å². The van der Waals surface area contributed by atoms with Crippen molar-refractivity contribution in [3.8, 4) is 11.1 Å². The minimum Gasteiger partial charge on any atom is -0.243 e. The van der Waals surface area contributed by atoms with Crippen molar-refractivity contribution in [2.75, 3.05) is 0 Å². The maximum atomic E-state index is 13.4. The second-order valence-corrected chi connectivity index (χ2v) is 3.54. The summed E-state index contributed by atoms with van der Waals surface area (Å²) in [5.41, 5.74) is 0.800. The minimum atomic E-state index is -0.582. The standard InChI is InChI=1S/C10H5Cl2FN2/c11-8-6(3-5-14-9(8)12)7-2-1-4-15-10(7)13/h1-5H. The zero-order valence-electron chi connectivity index (χ0n) is 7.42. The molecule has 0 aliphatic heterocycles. The second-order valence-electron chi connectivity index (χ2n) is 2.81. The Morgan fingerprint density at radius 2 is 1.80 bits per heavy atom. The van der Waals surface area contributed by atoms with Crippen LogP contribution < -0.4 is 0 Å². The van der Waals surface area contributed by atoms with Crippen LogP contribution in [0.25, 0.3) is 11.1 Å². The fraction of sp³-hybridized carbons (Fsp3) is 0. The van der Waals surface area contributed by atoms with Crippen molar-refractivity contribution in [2.24, 2.45) is 0 Å². The molecule has 0 fully saturated rings. The third kappa shape index (κ3) is 1.94. The lowest BCUT2D eigenvalue weighted by Gasteiger charge is -2.05. The summed E-state index contributed by atoms with van der Waals surface area (Å²) < 4.78 is 13.4. The average molecular weight is 243 g/mol. The summed E-state index contributed by atoms with van der Waals surface area (Å²) in [5, 5.41) is 0.378. The molecule has 0 N–H and O–H groups in total. The summed E-state index contributed by atoms with van der Waals surface area (Å²) >= 11 is 11.6. The molecule has 5 heteroatoms. The van der Waals surface area contributed by atoms with Gasteiger partial charge < -0.3 is 0 Å². The van der Waals surface area contributed by atoms with E-state index in [2.05, 4.69) is 9.97 Å². The van der Waals surface area contributed by atoms with Crippen LogP contribution in [0.4, 0.5) is 4.39 Å². The number of pyridine rings is 2. The summed E-state index contributed by atoms with van der Waals surface area (Å²) in [6.45, 7) is 0. The molecule has 0 saturated carbocycles. The fourth-order valence-corrected chi connectivity index (χ4v) is 1.58. The molecular formula is C10H5Cl2FN2. The normalized spacial score (nSPS) is 10.3. The van der Waals surface area contributed by atoms with Gasteiger partial charge in [0.2, 0.25) is 5.95 Å². The van der Waals surface area contributed by atoms with Gasteiger partial charge in [0, 0.05) is 23.5 Å². The maximum absolute atomic E-state index is 13.4. The maximum Gasteiger partial charge on any atom is 0.220 e. The van der Waals surface area contributed by atoms with Gasteiger partial charge in [-0.3, -0.25) is 0 Å². The Morgan fingerprint density at radius 1 is 1.00 bits per heavy atom. The van der Waals surface area contributed by atoms with Crippen molar-refractivity contribution in [3.63, 3.8) is 0 Å². The predicted molar refractivity (Wildman–Crippen MR) is 57.4 cm³/mol. The largest absolute Gasteiger partial charge is 0.243 e. The highest BCUT2D eigenvalue weighted by Gasteiger charge is 2.11. The number of nitrogens with zero attached hydrogens (tertiary/aromatic N) is 2. The third-order valence-electron chi connectivity index (χ3n) is 1.90. The molecule has 0 aliphatic rings. The first kappa shape index (κ1) is 10.3. The molecule has 0 unspecified atom stereocenters. The summed E-state index contributed by atoms with van der Waals surface area (Å²) in [7, 11) is 0. The van der Waals surface area contributed by atoms with E-state index in [0.717, 1.165) is 0 Å². The highest BCUT2D eigenvalue weighted by atomic mass is 35.5. The van der Waals surface area contributed by atoms with Crippen LogP contribution in [-0.2, 0) is 0 Å². The van der Waals surface area contributed by atoms with Gasteiger partial charge in [0.25, 0.3) is 0 Å². The smallest absolute Gasteiger partial charge is 0.220 e. The van der Waals surface area contributed by atoms with Crippen molar-refractivity contribution in [1.82, 2.24) is 9.97 Å². The Balaban J connectivity index is 2.65. The Kier molecular flexibility index (Phi) is 2.84. The average Bonchev–Trinajstić information content (AvgIpc) is 2.23. The van der Waals surface area contributed by atoms with Crippen LogP contribution in [0.15, 0.2) is 30.6 Å². The Hall–Kier alpha value is -1.19.